The molecule has 0 spiro atoms. The minimum absolute atomic E-state index is 0.00127. The number of hydrogen-bond donors (Lipinski definition) is 2. The van der Waals surface area contributed by atoms with Gasteiger partial charge >= 0.3 is 6.18 Å². The van der Waals surface area contributed by atoms with E-state index in [1.807, 2.05) is 13.1 Å². The van der Waals surface area contributed by atoms with Crippen LogP contribution in [-0.2, 0) is 17.5 Å². The minimum atomic E-state index is -4.56. The highest BCUT2D eigenvalue weighted by atomic mass is 19.4. The van der Waals surface area contributed by atoms with E-state index in [0.29, 0.717) is 18.5 Å². The summed E-state index contributed by atoms with van der Waals surface area (Å²) in [6.07, 6.45) is -1.88. The van der Waals surface area contributed by atoms with E-state index in [1.165, 1.54) is 6.33 Å². The molecule has 10 heteroatoms. The number of fused-ring (bicyclic) bond motifs is 2. The summed E-state index contributed by atoms with van der Waals surface area (Å²) in [5.74, 6) is -0.132. The van der Waals surface area contributed by atoms with Crippen molar-refractivity contribution in [2.24, 2.45) is 0 Å². The summed E-state index contributed by atoms with van der Waals surface area (Å²) >= 11 is 0. The molecule has 1 aromatic heterocycles. The fraction of sp³-hybridized carbons (Fsp3) is 0.400. The number of H-pyrrole nitrogens is 1. The molecule has 2 aliphatic heterocycles. The van der Waals surface area contributed by atoms with E-state index in [9.17, 15) is 22.8 Å². The van der Waals surface area contributed by atoms with E-state index in [-0.39, 0.29) is 34.6 Å². The van der Waals surface area contributed by atoms with Gasteiger partial charge in [-0.25, -0.2) is 4.98 Å². The molecular formula is C25H26F3N5O2. The monoisotopic (exact) mass is 485 g/mol. The van der Waals surface area contributed by atoms with Gasteiger partial charge in [0.05, 0.1) is 23.1 Å². The number of aromatic amines is 1. The van der Waals surface area contributed by atoms with Crippen LogP contribution in [0.4, 0.5) is 18.9 Å². The van der Waals surface area contributed by atoms with Crippen molar-refractivity contribution >= 4 is 28.5 Å². The van der Waals surface area contributed by atoms with Crippen LogP contribution in [0.3, 0.4) is 0 Å². The summed E-state index contributed by atoms with van der Waals surface area (Å²) in [7, 11) is 1.82. The highest BCUT2D eigenvalue weighted by Crippen LogP contribution is 2.35. The Kier molecular flexibility index (Phi) is 5.79. The van der Waals surface area contributed by atoms with Crippen molar-refractivity contribution in [3.63, 3.8) is 0 Å². The highest BCUT2D eigenvalue weighted by Gasteiger charge is 2.33. The quantitative estimate of drug-likeness (QED) is 0.577. The molecule has 0 radical (unpaired) electrons. The summed E-state index contributed by atoms with van der Waals surface area (Å²) in [5, 5.41) is 2.62. The number of likely N-dealkylation sites (tertiary alicyclic amines) is 1. The van der Waals surface area contributed by atoms with E-state index in [4.69, 9.17) is 0 Å². The zero-order chi connectivity index (χ0) is 24.9. The Labute approximate surface area is 200 Å². The van der Waals surface area contributed by atoms with Crippen LogP contribution >= 0.6 is 0 Å². The molecule has 3 heterocycles. The molecule has 1 fully saturated rings. The van der Waals surface area contributed by atoms with Gasteiger partial charge in [-0.1, -0.05) is 13.0 Å². The lowest BCUT2D eigenvalue weighted by molar-refractivity contribution is -0.137. The number of alkyl halides is 3. The van der Waals surface area contributed by atoms with Crippen LogP contribution in [0, 0.1) is 0 Å². The van der Waals surface area contributed by atoms with Gasteiger partial charge in [0, 0.05) is 44.7 Å². The van der Waals surface area contributed by atoms with E-state index >= 15 is 0 Å². The van der Waals surface area contributed by atoms with Crippen molar-refractivity contribution in [2.75, 3.05) is 25.5 Å². The molecule has 1 unspecified atom stereocenters. The molecule has 0 saturated carbocycles. The number of nitrogens with zero attached hydrogens (tertiary/aromatic N) is 3. The van der Waals surface area contributed by atoms with Crippen LogP contribution in [0.5, 0.6) is 0 Å². The van der Waals surface area contributed by atoms with Gasteiger partial charge in [0.1, 0.15) is 5.52 Å². The van der Waals surface area contributed by atoms with Crippen LogP contribution in [0.25, 0.3) is 11.0 Å². The second kappa shape index (κ2) is 8.67. The maximum absolute atomic E-state index is 13.3. The molecule has 35 heavy (non-hydrogen) atoms. The number of anilines is 1. The number of halogens is 3. The standard InChI is InChI=1S/C25H26F3N5O2/c1-14-11-33(18-5-6-32(2)22(34)10-18)12-16-7-15(3-4-19(14)16)24(35)31-21-9-17(25(26,27)28)8-20-23(21)30-13-29-20/h3-4,7-9,13-14,18H,5-6,10-12H2,1-2H3,(H,29,30)(H,31,35)/t14?,18-/m1/s1. The highest BCUT2D eigenvalue weighted by molar-refractivity contribution is 6.08. The van der Waals surface area contributed by atoms with Gasteiger partial charge in [-0.3, -0.25) is 14.5 Å². The number of hydrogen-bond acceptors (Lipinski definition) is 4. The minimum Gasteiger partial charge on any atom is -0.346 e. The molecular weight excluding hydrogens is 459 g/mol. The van der Waals surface area contributed by atoms with Crippen LogP contribution in [0.15, 0.2) is 36.7 Å². The summed E-state index contributed by atoms with van der Waals surface area (Å²) < 4.78 is 40.0. The number of aromatic nitrogens is 2. The lowest BCUT2D eigenvalue weighted by atomic mass is 9.87. The van der Waals surface area contributed by atoms with Crippen molar-refractivity contribution in [1.29, 1.82) is 0 Å². The van der Waals surface area contributed by atoms with Crippen LogP contribution in [-0.4, -0.2) is 57.8 Å². The van der Waals surface area contributed by atoms with Gasteiger partial charge in [0.25, 0.3) is 5.91 Å². The van der Waals surface area contributed by atoms with E-state index in [0.717, 1.165) is 42.8 Å². The molecule has 0 aliphatic carbocycles. The first-order valence-electron chi connectivity index (χ1n) is 11.6. The van der Waals surface area contributed by atoms with E-state index in [1.54, 1.807) is 17.0 Å². The zero-order valence-corrected chi connectivity index (χ0v) is 19.4. The molecule has 1 saturated heterocycles. The molecule has 2 amide bonds. The zero-order valence-electron chi connectivity index (χ0n) is 19.4. The number of carbonyl (C=O) groups excluding carboxylic acids is 2. The lowest BCUT2D eigenvalue weighted by Gasteiger charge is -2.41. The number of nitrogens with one attached hydrogen (secondary N) is 2. The molecule has 3 aromatic rings. The SMILES string of the molecule is CC1CN([C@@H]2CCN(C)C(=O)C2)Cc2cc(C(=O)Nc3cc(C(F)(F)F)cc4[nH]cnc34)ccc21. The Morgan fingerprint density at radius 3 is 2.77 bits per heavy atom. The first-order valence-corrected chi connectivity index (χ1v) is 11.6. The Morgan fingerprint density at radius 2 is 2.03 bits per heavy atom. The molecule has 5 rings (SSSR count). The number of imidazole rings is 1. The Hall–Kier alpha value is -3.40. The molecule has 184 valence electrons. The van der Waals surface area contributed by atoms with Crippen molar-refractivity contribution in [2.45, 2.75) is 44.4 Å². The van der Waals surface area contributed by atoms with Gasteiger partial charge in [0.15, 0.2) is 0 Å². The third-order valence-electron chi connectivity index (χ3n) is 7.07. The number of carbonyl (C=O) groups is 2. The smallest absolute Gasteiger partial charge is 0.346 e. The fourth-order valence-electron chi connectivity index (χ4n) is 5.12. The molecule has 0 bridgehead atoms. The van der Waals surface area contributed by atoms with Gasteiger partial charge in [-0.15, -0.1) is 0 Å². The molecule has 2 N–H and O–H groups in total. The number of benzene rings is 2. The topological polar surface area (TPSA) is 81.3 Å². The first kappa shape index (κ1) is 23.3. The maximum atomic E-state index is 13.3. The average molecular weight is 486 g/mol. The lowest BCUT2D eigenvalue weighted by Crippen LogP contribution is -2.48. The summed E-state index contributed by atoms with van der Waals surface area (Å²) in [4.78, 5) is 36.1. The summed E-state index contributed by atoms with van der Waals surface area (Å²) in [6.45, 7) is 4.30. The normalized spacial score (nSPS) is 21.3. The molecule has 7 nitrogen and oxygen atoms in total. The number of amides is 2. The number of piperidine rings is 1. The Balaban J connectivity index is 1.39. The second-order valence-electron chi connectivity index (χ2n) is 9.48. The molecule has 2 aliphatic rings. The third-order valence-corrected chi connectivity index (χ3v) is 7.07. The van der Waals surface area contributed by atoms with Crippen molar-refractivity contribution < 1.29 is 22.8 Å². The maximum Gasteiger partial charge on any atom is 0.416 e. The molecule has 2 atom stereocenters. The summed E-state index contributed by atoms with van der Waals surface area (Å²) in [5.41, 5.74) is 2.08. The van der Waals surface area contributed by atoms with Crippen molar-refractivity contribution in [3.05, 3.63) is 58.9 Å². The Bertz CT molecular complexity index is 1300. The summed E-state index contributed by atoms with van der Waals surface area (Å²) in [6, 6.07) is 7.46. The molecule has 2 aromatic carbocycles. The van der Waals surface area contributed by atoms with Crippen molar-refractivity contribution in [1.82, 2.24) is 19.8 Å². The van der Waals surface area contributed by atoms with E-state index in [2.05, 4.69) is 27.1 Å². The largest absolute Gasteiger partial charge is 0.416 e. The average Bonchev–Trinajstić information content (AvgIpc) is 3.29. The predicted molar refractivity (Wildman–Crippen MR) is 125 cm³/mol. The second-order valence-corrected chi connectivity index (χ2v) is 9.48. The van der Waals surface area contributed by atoms with Crippen molar-refractivity contribution in [3.8, 4) is 0 Å². The van der Waals surface area contributed by atoms with Gasteiger partial charge in [-0.05, 0) is 47.7 Å². The Morgan fingerprint density at radius 1 is 1.23 bits per heavy atom. The van der Waals surface area contributed by atoms with E-state index < -0.39 is 17.6 Å². The van der Waals surface area contributed by atoms with Gasteiger partial charge in [0.2, 0.25) is 5.91 Å². The van der Waals surface area contributed by atoms with Crippen LogP contribution in [0.1, 0.15) is 52.7 Å². The van der Waals surface area contributed by atoms with Crippen LogP contribution < -0.4 is 5.32 Å². The van der Waals surface area contributed by atoms with Gasteiger partial charge in [-0.2, -0.15) is 13.2 Å². The fourth-order valence-corrected chi connectivity index (χ4v) is 5.12. The van der Waals surface area contributed by atoms with Crippen LogP contribution in [0.2, 0.25) is 0 Å². The van der Waals surface area contributed by atoms with Gasteiger partial charge < -0.3 is 15.2 Å². The first-order chi connectivity index (χ1) is 16.6. The predicted octanol–water partition coefficient (Wildman–Crippen LogP) is 4.37. The number of rotatable bonds is 3. The third kappa shape index (κ3) is 4.50.